The highest BCUT2D eigenvalue weighted by Crippen LogP contribution is 2.33. The molecule has 20 heavy (non-hydrogen) atoms. The number of aromatic nitrogens is 3. The van der Waals surface area contributed by atoms with Crippen LogP contribution in [0.25, 0.3) is 22.1 Å². The quantitative estimate of drug-likeness (QED) is 0.600. The van der Waals surface area contributed by atoms with E-state index in [4.69, 9.17) is 11.6 Å². The van der Waals surface area contributed by atoms with E-state index in [0.717, 1.165) is 22.0 Å². The lowest BCUT2D eigenvalue weighted by molar-refractivity contribution is 1.14. The van der Waals surface area contributed by atoms with E-state index in [1.165, 1.54) is 11.3 Å². The largest absolute Gasteiger partial charge is 0.238 e. The summed E-state index contributed by atoms with van der Waals surface area (Å²) in [7, 11) is 0. The van der Waals surface area contributed by atoms with Gasteiger partial charge in [0.1, 0.15) is 5.15 Å². The molecule has 3 aromatic rings. The van der Waals surface area contributed by atoms with Crippen LogP contribution in [-0.2, 0) is 0 Å². The first-order valence-corrected chi connectivity index (χ1v) is 7.91. The Kier molecular flexibility index (Phi) is 3.83. The van der Waals surface area contributed by atoms with Crippen LogP contribution < -0.4 is 0 Å². The maximum absolute atomic E-state index is 6.20. The first-order chi connectivity index (χ1) is 9.65. The summed E-state index contributed by atoms with van der Waals surface area (Å²) in [4.78, 5) is 13.3. The molecule has 0 saturated carbocycles. The average Bonchev–Trinajstić information content (AvgIpc) is 2.89. The Morgan fingerprint density at radius 3 is 2.50 bits per heavy atom. The van der Waals surface area contributed by atoms with Crippen LogP contribution in [0.3, 0.4) is 0 Å². The number of thiazole rings is 1. The first kappa shape index (κ1) is 13.7. The van der Waals surface area contributed by atoms with Crippen molar-refractivity contribution in [3.05, 3.63) is 51.0 Å². The number of halogens is 2. The van der Waals surface area contributed by atoms with Crippen LogP contribution in [0.2, 0.25) is 5.15 Å². The van der Waals surface area contributed by atoms with Crippen molar-refractivity contribution in [2.24, 2.45) is 0 Å². The van der Waals surface area contributed by atoms with Crippen LogP contribution in [-0.4, -0.2) is 15.0 Å². The van der Waals surface area contributed by atoms with E-state index in [9.17, 15) is 0 Å². The first-order valence-electron chi connectivity index (χ1n) is 5.86. The van der Waals surface area contributed by atoms with Gasteiger partial charge in [-0.3, -0.25) is 0 Å². The molecule has 2 heterocycles. The zero-order valence-electron chi connectivity index (χ0n) is 10.5. The molecule has 0 fully saturated rings. The second-order valence-electron chi connectivity index (χ2n) is 4.16. The summed E-state index contributed by atoms with van der Waals surface area (Å²) in [5.74, 6) is 0.551. The fraction of sp³-hybridized carbons (Fsp3) is 0.0714. The number of nitrogens with zero attached hydrogens (tertiary/aromatic N) is 3. The SMILES string of the molecule is Cc1csc(-c2nc(Cl)c(Br)c(-c3ccccc3)n2)n1. The van der Waals surface area contributed by atoms with E-state index in [1.807, 2.05) is 42.6 Å². The van der Waals surface area contributed by atoms with Gasteiger partial charge in [-0.2, -0.15) is 0 Å². The third kappa shape index (κ3) is 2.61. The van der Waals surface area contributed by atoms with Crippen molar-refractivity contribution in [3.8, 4) is 22.1 Å². The Labute approximate surface area is 133 Å². The van der Waals surface area contributed by atoms with E-state index >= 15 is 0 Å². The molecule has 0 N–H and O–H groups in total. The Balaban J connectivity index is 2.18. The van der Waals surface area contributed by atoms with Crippen molar-refractivity contribution >= 4 is 38.9 Å². The van der Waals surface area contributed by atoms with Gasteiger partial charge in [-0.25, -0.2) is 15.0 Å². The Morgan fingerprint density at radius 2 is 1.85 bits per heavy atom. The molecule has 6 heteroatoms. The van der Waals surface area contributed by atoms with E-state index < -0.39 is 0 Å². The summed E-state index contributed by atoms with van der Waals surface area (Å²) in [5.41, 5.74) is 2.71. The van der Waals surface area contributed by atoms with Crippen molar-refractivity contribution in [3.63, 3.8) is 0 Å². The third-order valence-corrected chi connectivity index (χ3v) is 4.88. The lowest BCUT2D eigenvalue weighted by atomic mass is 10.1. The fourth-order valence-corrected chi connectivity index (χ4v) is 3.06. The maximum atomic E-state index is 6.20. The van der Waals surface area contributed by atoms with Gasteiger partial charge in [-0.15, -0.1) is 11.3 Å². The van der Waals surface area contributed by atoms with Crippen LogP contribution in [0.5, 0.6) is 0 Å². The lowest BCUT2D eigenvalue weighted by Crippen LogP contribution is -1.95. The molecule has 0 aliphatic rings. The minimum Gasteiger partial charge on any atom is -0.238 e. The standard InChI is InChI=1S/C14H9BrClN3S/c1-8-7-20-14(17-8)13-18-11(10(15)12(16)19-13)9-5-3-2-4-6-9/h2-7H,1H3. The second kappa shape index (κ2) is 5.60. The molecular formula is C14H9BrClN3S. The van der Waals surface area contributed by atoms with E-state index in [2.05, 4.69) is 30.9 Å². The minimum atomic E-state index is 0.390. The van der Waals surface area contributed by atoms with Gasteiger partial charge in [0.2, 0.25) is 0 Å². The molecule has 100 valence electrons. The van der Waals surface area contributed by atoms with Gasteiger partial charge in [0, 0.05) is 16.6 Å². The molecule has 3 nitrogen and oxygen atoms in total. The molecule has 2 aromatic heterocycles. The predicted molar refractivity (Wildman–Crippen MR) is 86.0 cm³/mol. The highest BCUT2D eigenvalue weighted by atomic mass is 79.9. The van der Waals surface area contributed by atoms with Crippen molar-refractivity contribution in [1.29, 1.82) is 0 Å². The molecule has 0 bridgehead atoms. The molecular weight excluding hydrogens is 358 g/mol. The summed E-state index contributed by atoms with van der Waals surface area (Å²) in [6.07, 6.45) is 0. The van der Waals surface area contributed by atoms with Gasteiger partial charge in [0.15, 0.2) is 10.8 Å². The molecule has 0 atom stereocenters. The van der Waals surface area contributed by atoms with Crippen LogP contribution in [0.4, 0.5) is 0 Å². The normalized spacial score (nSPS) is 10.8. The van der Waals surface area contributed by atoms with Crippen molar-refractivity contribution < 1.29 is 0 Å². The minimum absolute atomic E-state index is 0.390. The van der Waals surface area contributed by atoms with Gasteiger partial charge in [0.05, 0.1) is 10.2 Å². The Morgan fingerprint density at radius 1 is 1.10 bits per heavy atom. The smallest absolute Gasteiger partial charge is 0.190 e. The Hall–Kier alpha value is -1.30. The number of rotatable bonds is 2. The number of hydrogen-bond acceptors (Lipinski definition) is 4. The molecule has 0 amide bonds. The summed E-state index contributed by atoms with van der Waals surface area (Å²) in [5, 5.41) is 3.13. The molecule has 0 aliphatic carbocycles. The molecule has 0 spiro atoms. The number of hydrogen-bond donors (Lipinski definition) is 0. The zero-order valence-corrected chi connectivity index (χ0v) is 13.6. The summed E-state index contributed by atoms with van der Waals surface area (Å²) in [6, 6.07) is 9.86. The van der Waals surface area contributed by atoms with Gasteiger partial charge in [-0.05, 0) is 22.9 Å². The highest BCUT2D eigenvalue weighted by molar-refractivity contribution is 9.10. The van der Waals surface area contributed by atoms with Crippen LogP contribution >= 0.6 is 38.9 Å². The second-order valence-corrected chi connectivity index (χ2v) is 6.17. The van der Waals surface area contributed by atoms with Gasteiger partial charge in [0.25, 0.3) is 0 Å². The van der Waals surface area contributed by atoms with Crippen molar-refractivity contribution in [2.75, 3.05) is 0 Å². The average molecular weight is 367 g/mol. The van der Waals surface area contributed by atoms with Crippen molar-refractivity contribution in [2.45, 2.75) is 6.92 Å². The molecule has 1 aromatic carbocycles. The van der Waals surface area contributed by atoms with Crippen molar-refractivity contribution in [1.82, 2.24) is 15.0 Å². The van der Waals surface area contributed by atoms with Gasteiger partial charge < -0.3 is 0 Å². The highest BCUT2D eigenvalue weighted by Gasteiger charge is 2.15. The third-order valence-electron chi connectivity index (χ3n) is 2.67. The molecule has 0 saturated heterocycles. The van der Waals surface area contributed by atoms with Gasteiger partial charge >= 0.3 is 0 Å². The van der Waals surface area contributed by atoms with E-state index in [-0.39, 0.29) is 0 Å². The predicted octanol–water partition coefficient (Wildman–Crippen LogP) is 4.99. The summed E-state index contributed by atoms with van der Waals surface area (Å²) < 4.78 is 0.697. The van der Waals surface area contributed by atoms with E-state index in [0.29, 0.717) is 15.5 Å². The van der Waals surface area contributed by atoms with E-state index in [1.54, 1.807) is 0 Å². The van der Waals surface area contributed by atoms with Crippen LogP contribution in [0, 0.1) is 6.92 Å². The van der Waals surface area contributed by atoms with Crippen LogP contribution in [0.15, 0.2) is 40.2 Å². The number of benzene rings is 1. The summed E-state index contributed by atoms with van der Waals surface area (Å²) in [6.45, 7) is 1.94. The lowest BCUT2D eigenvalue weighted by Gasteiger charge is -2.07. The maximum Gasteiger partial charge on any atom is 0.190 e. The number of aryl methyl sites for hydroxylation is 1. The zero-order chi connectivity index (χ0) is 14.1. The molecule has 3 rings (SSSR count). The monoisotopic (exact) mass is 365 g/mol. The topological polar surface area (TPSA) is 38.7 Å². The molecule has 0 radical (unpaired) electrons. The molecule has 0 unspecified atom stereocenters. The fourth-order valence-electron chi connectivity index (χ4n) is 1.76. The van der Waals surface area contributed by atoms with Crippen LogP contribution in [0.1, 0.15) is 5.69 Å². The van der Waals surface area contributed by atoms with Gasteiger partial charge in [-0.1, -0.05) is 41.9 Å². The summed E-state index contributed by atoms with van der Waals surface area (Å²) >= 11 is 11.2. The molecule has 0 aliphatic heterocycles. The Bertz CT molecular complexity index is 758.